The Kier molecular flexibility index (Phi) is 5.11. The van der Waals surface area contributed by atoms with Gasteiger partial charge in [-0.15, -0.1) is 0 Å². The van der Waals surface area contributed by atoms with Gasteiger partial charge >= 0.3 is 0 Å². The van der Waals surface area contributed by atoms with Gasteiger partial charge in [0.1, 0.15) is 11.5 Å². The fraction of sp³-hybridized carbons (Fsp3) is 0.444. The van der Waals surface area contributed by atoms with Crippen molar-refractivity contribution in [2.24, 2.45) is 0 Å². The minimum atomic E-state index is -0.0157. The molecule has 0 radical (unpaired) electrons. The van der Waals surface area contributed by atoms with Crippen LogP contribution in [0.25, 0.3) is 0 Å². The van der Waals surface area contributed by atoms with Crippen LogP contribution in [0.15, 0.2) is 28.9 Å². The number of rotatable bonds is 5. The number of hydrogen-bond donors (Lipinski definition) is 0. The van der Waals surface area contributed by atoms with E-state index in [0.29, 0.717) is 49.0 Å². The third-order valence-electron chi connectivity index (χ3n) is 4.40. The topological polar surface area (TPSA) is 79.5 Å². The second kappa shape index (κ2) is 7.46. The molecule has 0 saturated carbocycles. The summed E-state index contributed by atoms with van der Waals surface area (Å²) in [5, 5.41) is 0. The Hall–Kier alpha value is -2.70. The molecule has 0 aliphatic carbocycles. The van der Waals surface area contributed by atoms with E-state index in [1.807, 2.05) is 4.90 Å². The maximum atomic E-state index is 12.4. The van der Waals surface area contributed by atoms with E-state index in [4.69, 9.17) is 4.42 Å². The molecule has 1 aliphatic rings. The van der Waals surface area contributed by atoms with Gasteiger partial charge in [-0.3, -0.25) is 9.59 Å². The van der Waals surface area contributed by atoms with Crippen LogP contribution in [0, 0.1) is 6.92 Å². The Morgan fingerprint density at radius 1 is 1.16 bits per heavy atom. The number of Topliss-reactive ketones (excluding diaryl/α,β-unsaturated/α-hetero) is 1. The van der Waals surface area contributed by atoms with Gasteiger partial charge in [0.2, 0.25) is 11.9 Å². The molecule has 0 aromatic carbocycles. The number of aromatic nitrogens is 2. The van der Waals surface area contributed by atoms with E-state index >= 15 is 0 Å². The summed E-state index contributed by atoms with van der Waals surface area (Å²) in [4.78, 5) is 36.3. The lowest BCUT2D eigenvalue weighted by Crippen LogP contribution is -2.49. The number of furan rings is 1. The normalized spacial score (nSPS) is 14.6. The predicted octanol–water partition coefficient (Wildman–Crippen LogP) is 1.86. The molecule has 2 aromatic rings. The number of carbonyl (C=O) groups excluding carboxylic acids is 2. The molecule has 3 heterocycles. The van der Waals surface area contributed by atoms with Crippen molar-refractivity contribution in [2.75, 3.05) is 31.1 Å². The van der Waals surface area contributed by atoms with E-state index in [1.54, 1.807) is 31.5 Å². The zero-order valence-corrected chi connectivity index (χ0v) is 14.6. The lowest BCUT2D eigenvalue weighted by molar-refractivity contribution is -0.131. The summed E-state index contributed by atoms with van der Waals surface area (Å²) in [6.07, 6.45) is 4.34. The molecule has 3 rings (SSSR count). The zero-order chi connectivity index (χ0) is 17.8. The monoisotopic (exact) mass is 342 g/mol. The highest BCUT2D eigenvalue weighted by Gasteiger charge is 2.22. The zero-order valence-electron chi connectivity index (χ0n) is 14.6. The van der Waals surface area contributed by atoms with Crippen LogP contribution in [-0.4, -0.2) is 52.7 Å². The third kappa shape index (κ3) is 4.04. The van der Waals surface area contributed by atoms with Crippen LogP contribution in [0.1, 0.15) is 35.2 Å². The van der Waals surface area contributed by atoms with E-state index in [2.05, 4.69) is 14.9 Å². The Labute approximate surface area is 146 Å². The van der Waals surface area contributed by atoms with Crippen molar-refractivity contribution in [3.05, 3.63) is 41.6 Å². The number of ketones is 1. The highest BCUT2D eigenvalue weighted by atomic mass is 16.3. The number of nitrogens with zero attached hydrogens (tertiary/aromatic N) is 4. The molecule has 1 saturated heterocycles. The molecular formula is C18H22N4O3. The van der Waals surface area contributed by atoms with Gasteiger partial charge in [-0.1, -0.05) is 0 Å². The average molecular weight is 342 g/mol. The van der Waals surface area contributed by atoms with E-state index in [0.717, 1.165) is 13.1 Å². The van der Waals surface area contributed by atoms with Crippen LogP contribution >= 0.6 is 0 Å². The van der Waals surface area contributed by atoms with Gasteiger partial charge in [0, 0.05) is 51.4 Å². The summed E-state index contributed by atoms with van der Waals surface area (Å²) >= 11 is 0. The molecule has 25 heavy (non-hydrogen) atoms. The Bertz CT molecular complexity index is 749. The molecule has 0 unspecified atom stereocenters. The minimum absolute atomic E-state index is 0.0157. The van der Waals surface area contributed by atoms with Crippen LogP contribution in [-0.2, 0) is 11.2 Å². The van der Waals surface area contributed by atoms with Crippen LogP contribution in [0.5, 0.6) is 0 Å². The molecule has 0 bridgehead atoms. The second-order valence-corrected chi connectivity index (χ2v) is 6.16. The van der Waals surface area contributed by atoms with Crippen molar-refractivity contribution in [3.63, 3.8) is 0 Å². The van der Waals surface area contributed by atoms with Crippen LogP contribution in [0.4, 0.5) is 5.95 Å². The standard InChI is InChI=1S/C18H22N4O3/c1-13(23)16-12-15(25-14(16)2)4-5-17(24)21-8-10-22(11-9-21)18-19-6-3-7-20-18/h3,6-7,12H,4-5,8-11H2,1-2H3. The highest BCUT2D eigenvalue weighted by Crippen LogP contribution is 2.17. The number of anilines is 1. The van der Waals surface area contributed by atoms with Crippen LogP contribution in [0.3, 0.4) is 0 Å². The minimum Gasteiger partial charge on any atom is -0.466 e. The molecule has 1 amide bonds. The van der Waals surface area contributed by atoms with E-state index in [9.17, 15) is 9.59 Å². The summed E-state index contributed by atoms with van der Waals surface area (Å²) in [7, 11) is 0. The van der Waals surface area contributed by atoms with Crippen LogP contribution < -0.4 is 4.90 Å². The van der Waals surface area contributed by atoms with Gasteiger partial charge in [-0.25, -0.2) is 9.97 Å². The maximum absolute atomic E-state index is 12.4. The molecule has 1 aliphatic heterocycles. The van der Waals surface area contributed by atoms with Gasteiger partial charge in [0.05, 0.1) is 5.56 Å². The Balaban J connectivity index is 1.50. The quantitative estimate of drug-likeness (QED) is 0.772. The molecule has 0 spiro atoms. The number of amides is 1. The lowest BCUT2D eigenvalue weighted by Gasteiger charge is -2.34. The molecule has 7 nitrogen and oxygen atoms in total. The smallest absolute Gasteiger partial charge is 0.225 e. The summed E-state index contributed by atoms with van der Waals surface area (Å²) < 4.78 is 5.57. The lowest BCUT2D eigenvalue weighted by atomic mass is 10.1. The first kappa shape index (κ1) is 17.1. The number of carbonyl (C=O) groups is 2. The molecule has 7 heteroatoms. The Morgan fingerprint density at radius 3 is 2.44 bits per heavy atom. The fourth-order valence-electron chi connectivity index (χ4n) is 3.02. The van der Waals surface area contributed by atoms with Crippen molar-refractivity contribution in [1.29, 1.82) is 0 Å². The molecule has 0 atom stereocenters. The van der Waals surface area contributed by atoms with Gasteiger partial charge in [0.15, 0.2) is 5.78 Å². The van der Waals surface area contributed by atoms with Gasteiger partial charge in [-0.05, 0) is 26.0 Å². The second-order valence-electron chi connectivity index (χ2n) is 6.16. The molecule has 0 N–H and O–H groups in total. The van der Waals surface area contributed by atoms with Gasteiger partial charge < -0.3 is 14.2 Å². The van der Waals surface area contributed by atoms with Gasteiger partial charge in [-0.2, -0.15) is 0 Å². The van der Waals surface area contributed by atoms with E-state index in [1.165, 1.54) is 6.92 Å². The average Bonchev–Trinajstić information content (AvgIpc) is 3.01. The predicted molar refractivity (Wildman–Crippen MR) is 92.6 cm³/mol. The van der Waals surface area contributed by atoms with Crippen molar-refractivity contribution in [3.8, 4) is 0 Å². The summed E-state index contributed by atoms with van der Waals surface area (Å²) in [6.45, 7) is 6.06. The largest absolute Gasteiger partial charge is 0.466 e. The van der Waals surface area contributed by atoms with E-state index in [-0.39, 0.29) is 11.7 Å². The first-order valence-corrected chi connectivity index (χ1v) is 8.44. The maximum Gasteiger partial charge on any atom is 0.225 e. The van der Waals surface area contributed by atoms with Crippen molar-refractivity contribution >= 4 is 17.6 Å². The summed E-state index contributed by atoms with van der Waals surface area (Å²) in [5.74, 6) is 2.10. The number of piperazine rings is 1. The van der Waals surface area contributed by atoms with Gasteiger partial charge in [0.25, 0.3) is 0 Å². The summed E-state index contributed by atoms with van der Waals surface area (Å²) in [5.41, 5.74) is 0.596. The molecule has 1 fully saturated rings. The first-order chi connectivity index (χ1) is 12.0. The van der Waals surface area contributed by atoms with Crippen molar-refractivity contribution in [2.45, 2.75) is 26.7 Å². The molecule has 2 aromatic heterocycles. The number of aryl methyl sites for hydroxylation is 2. The Morgan fingerprint density at radius 2 is 1.84 bits per heavy atom. The van der Waals surface area contributed by atoms with Crippen LogP contribution in [0.2, 0.25) is 0 Å². The van der Waals surface area contributed by atoms with Crippen molar-refractivity contribution < 1.29 is 14.0 Å². The van der Waals surface area contributed by atoms with Crippen molar-refractivity contribution in [1.82, 2.24) is 14.9 Å². The fourth-order valence-corrected chi connectivity index (χ4v) is 3.02. The molecule has 132 valence electrons. The number of hydrogen-bond acceptors (Lipinski definition) is 6. The highest BCUT2D eigenvalue weighted by molar-refractivity contribution is 5.95. The first-order valence-electron chi connectivity index (χ1n) is 8.44. The summed E-state index contributed by atoms with van der Waals surface area (Å²) in [6, 6.07) is 3.53. The SMILES string of the molecule is CC(=O)c1cc(CCC(=O)N2CCN(c3ncccn3)CC2)oc1C. The van der Waals surface area contributed by atoms with E-state index < -0.39 is 0 Å². The third-order valence-corrected chi connectivity index (χ3v) is 4.40. The molecular weight excluding hydrogens is 320 g/mol.